The van der Waals surface area contributed by atoms with E-state index >= 15 is 0 Å². The molecule has 3 heterocycles. The van der Waals surface area contributed by atoms with Crippen LogP contribution in [0.3, 0.4) is 0 Å². The fourth-order valence-corrected chi connectivity index (χ4v) is 8.68. The fourth-order valence-electron chi connectivity index (χ4n) is 8.68. The predicted molar refractivity (Wildman–Crippen MR) is 156 cm³/mol. The van der Waals surface area contributed by atoms with Gasteiger partial charge < -0.3 is 24.3 Å². The first-order valence-electron chi connectivity index (χ1n) is 14.9. The highest BCUT2D eigenvalue weighted by molar-refractivity contribution is 5.92. The van der Waals surface area contributed by atoms with Crippen molar-refractivity contribution in [3.63, 3.8) is 0 Å². The van der Waals surface area contributed by atoms with E-state index in [0.717, 1.165) is 49.0 Å². The SMILES string of the molecule is CCC1CC(N(C)C(=O)/C=C/c2ccoc2)C2Oc3c(O)ccc4c3[C@@]23CCN(CCc2ccccc2)[C@H](C4)[C@]13O. The lowest BCUT2D eigenvalue weighted by Crippen LogP contribution is -2.81. The van der Waals surface area contributed by atoms with Crippen molar-refractivity contribution < 1.29 is 24.2 Å². The van der Waals surface area contributed by atoms with Crippen molar-refractivity contribution in [1.29, 1.82) is 0 Å². The number of rotatable bonds is 7. The largest absolute Gasteiger partial charge is 0.504 e. The van der Waals surface area contributed by atoms with Crippen molar-refractivity contribution in [3.05, 3.63) is 89.4 Å². The number of hydrogen-bond donors (Lipinski definition) is 2. The molecular weight excluding hydrogens is 516 g/mol. The summed E-state index contributed by atoms with van der Waals surface area (Å²) in [5.41, 5.74) is 2.50. The van der Waals surface area contributed by atoms with Crippen molar-refractivity contribution >= 4 is 12.0 Å². The maximum Gasteiger partial charge on any atom is 0.246 e. The van der Waals surface area contributed by atoms with E-state index in [1.807, 2.05) is 25.2 Å². The van der Waals surface area contributed by atoms with E-state index < -0.39 is 17.1 Å². The van der Waals surface area contributed by atoms with Crippen LogP contribution in [0.2, 0.25) is 0 Å². The maximum atomic E-state index is 13.5. The second kappa shape index (κ2) is 9.78. The van der Waals surface area contributed by atoms with E-state index in [0.29, 0.717) is 18.6 Å². The molecule has 7 nitrogen and oxygen atoms in total. The number of carbonyl (C=O) groups excluding carboxylic acids is 1. The zero-order chi connectivity index (χ0) is 28.4. The summed E-state index contributed by atoms with van der Waals surface area (Å²) in [4.78, 5) is 17.8. The van der Waals surface area contributed by atoms with Gasteiger partial charge in [-0.25, -0.2) is 0 Å². The first-order chi connectivity index (χ1) is 19.9. The number of aromatic hydroxyl groups is 1. The van der Waals surface area contributed by atoms with Gasteiger partial charge in [-0.3, -0.25) is 9.69 Å². The van der Waals surface area contributed by atoms with Crippen molar-refractivity contribution in [3.8, 4) is 11.5 Å². The molecule has 1 amide bonds. The fraction of sp³-hybridized carbons (Fsp3) is 0.441. The molecule has 2 aliphatic heterocycles. The number of aliphatic hydroxyl groups is 1. The molecule has 1 saturated carbocycles. The van der Waals surface area contributed by atoms with Crippen LogP contribution in [0.25, 0.3) is 6.08 Å². The minimum atomic E-state index is -1.04. The van der Waals surface area contributed by atoms with E-state index in [1.54, 1.807) is 35.6 Å². The van der Waals surface area contributed by atoms with Crippen LogP contribution in [0.5, 0.6) is 11.5 Å². The van der Waals surface area contributed by atoms with Gasteiger partial charge in [-0.2, -0.15) is 0 Å². The number of likely N-dealkylation sites (N-methyl/N-ethyl adjacent to an activating group) is 1. The lowest BCUT2D eigenvalue weighted by molar-refractivity contribution is -0.228. The van der Waals surface area contributed by atoms with Crippen LogP contribution in [-0.2, 0) is 23.1 Å². The maximum absolute atomic E-state index is 13.5. The predicted octanol–water partition coefficient (Wildman–Crippen LogP) is 4.56. The van der Waals surface area contributed by atoms with Gasteiger partial charge in [-0.15, -0.1) is 0 Å². The number of nitrogens with zero attached hydrogens (tertiary/aromatic N) is 2. The van der Waals surface area contributed by atoms with E-state index in [-0.39, 0.29) is 29.7 Å². The lowest BCUT2D eigenvalue weighted by atomic mass is 9.45. The highest BCUT2D eigenvalue weighted by Crippen LogP contribution is 2.67. The standard InChI is InChI=1S/C34H38N2O5/c1-3-25-20-26(35(2)29(38)12-9-23-14-18-40-21-23)32-33-15-17-36(16-13-22-7-5-4-6-8-22)28(34(25,33)39)19-24-10-11-27(37)31(41-32)30(24)33/h4-12,14,18,21,25-26,28,32,37,39H,3,13,15-17,19-20H2,1-2H3/b12-9+/t25?,26?,28-,32?,33+,34-/m1/s1. The molecule has 7 rings (SSSR count). The quantitative estimate of drug-likeness (QED) is 0.417. The summed E-state index contributed by atoms with van der Waals surface area (Å²) in [7, 11) is 1.84. The van der Waals surface area contributed by atoms with Crippen LogP contribution in [0.15, 0.2) is 71.6 Å². The average molecular weight is 555 g/mol. The number of amides is 1. The number of carbonyl (C=O) groups is 1. The Kier molecular flexibility index (Phi) is 6.28. The van der Waals surface area contributed by atoms with Crippen LogP contribution in [0, 0.1) is 5.92 Å². The van der Waals surface area contributed by atoms with Crippen LogP contribution in [0.1, 0.15) is 48.4 Å². The molecule has 2 fully saturated rings. The summed E-state index contributed by atoms with van der Waals surface area (Å²) in [6.45, 7) is 3.85. The number of likely N-dealkylation sites (tertiary alicyclic amines) is 1. The third-order valence-corrected chi connectivity index (χ3v) is 10.6. The highest BCUT2D eigenvalue weighted by Gasteiger charge is 2.75. The van der Waals surface area contributed by atoms with Gasteiger partial charge in [-0.1, -0.05) is 49.7 Å². The smallest absolute Gasteiger partial charge is 0.246 e. The first kappa shape index (κ1) is 26.4. The molecule has 3 unspecified atom stereocenters. The summed E-state index contributed by atoms with van der Waals surface area (Å²) < 4.78 is 11.8. The van der Waals surface area contributed by atoms with Crippen molar-refractivity contribution in [2.45, 2.75) is 68.2 Å². The Morgan fingerprint density at radius 2 is 2.02 bits per heavy atom. The molecule has 3 aromatic rings. The van der Waals surface area contributed by atoms with Gasteiger partial charge in [0.2, 0.25) is 5.91 Å². The minimum Gasteiger partial charge on any atom is -0.504 e. The zero-order valence-corrected chi connectivity index (χ0v) is 23.7. The Bertz CT molecular complexity index is 1470. The zero-order valence-electron chi connectivity index (χ0n) is 23.7. The second-order valence-electron chi connectivity index (χ2n) is 12.3. The summed E-state index contributed by atoms with van der Waals surface area (Å²) in [6.07, 6.45) is 9.85. The van der Waals surface area contributed by atoms with E-state index in [9.17, 15) is 15.0 Å². The van der Waals surface area contributed by atoms with Gasteiger partial charge in [-0.05, 0) is 67.5 Å². The van der Waals surface area contributed by atoms with Gasteiger partial charge in [0.15, 0.2) is 11.5 Å². The molecule has 41 heavy (non-hydrogen) atoms. The number of hydrogen-bond acceptors (Lipinski definition) is 6. The van der Waals surface area contributed by atoms with Crippen LogP contribution in [0.4, 0.5) is 0 Å². The molecule has 214 valence electrons. The topological polar surface area (TPSA) is 86.4 Å². The van der Waals surface area contributed by atoms with Gasteiger partial charge in [0.05, 0.1) is 29.6 Å². The molecule has 0 radical (unpaired) electrons. The molecule has 4 aliphatic rings. The van der Waals surface area contributed by atoms with Gasteiger partial charge in [0, 0.05) is 36.8 Å². The Morgan fingerprint density at radius 3 is 2.78 bits per heavy atom. The third kappa shape index (κ3) is 3.75. The molecule has 2 N–H and O–H groups in total. The highest BCUT2D eigenvalue weighted by atomic mass is 16.5. The van der Waals surface area contributed by atoms with E-state index in [4.69, 9.17) is 9.15 Å². The number of phenolic OH excluding ortho intramolecular Hbond substituents is 1. The van der Waals surface area contributed by atoms with Crippen molar-refractivity contribution in [2.75, 3.05) is 20.1 Å². The normalized spacial score (nSPS) is 31.6. The minimum absolute atomic E-state index is 0.0357. The monoisotopic (exact) mass is 554 g/mol. The number of piperidine rings is 1. The van der Waals surface area contributed by atoms with E-state index in [2.05, 4.69) is 36.1 Å². The second-order valence-corrected chi connectivity index (χ2v) is 12.3. The third-order valence-electron chi connectivity index (χ3n) is 10.6. The summed E-state index contributed by atoms with van der Waals surface area (Å²) >= 11 is 0. The number of phenols is 1. The molecule has 1 spiro atoms. The number of benzene rings is 2. The van der Waals surface area contributed by atoms with Crippen molar-refractivity contribution in [2.24, 2.45) is 5.92 Å². The Morgan fingerprint density at radius 1 is 1.20 bits per heavy atom. The van der Waals surface area contributed by atoms with Gasteiger partial charge in [0.25, 0.3) is 0 Å². The molecule has 1 saturated heterocycles. The van der Waals surface area contributed by atoms with Crippen LogP contribution >= 0.6 is 0 Å². The molecule has 1 aromatic heterocycles. The Hall–Kier alpha value is -3.55. The number of ether oxygens (including phenoxy) is 1. The molecular formula is C34H38N2O5. The van der Waals surface area contributed by atoms with Gasteiger partial charge >= 0.3 is 0 Å². The van der Waals surface area contributed by atoms with E-state index in [1.165, 1.54) is 5.56 Å². The average Bonchev–Trinajstić information content (AvgIpc) is 3.63. The van der Waals surface area contributed by atoms with Crippen molar-refractivity contribution in [1.82, 2.24) is 9.80 Å². The molecule has 2 aliphatic carbocycles. The Labute approximate surface area is 241 Å². The molecule has 2 aromatic carbocycles. The molecule has 6 atom stereocenters. The summed E-state index contributed by atoms with van der Waals surface area (Å²) in [5.74, 6) is 0.454. The van der Waals surface area contributed by atoms with Crippen LogP contribution in [-0.4, -0.2) is 69.8 Å². The Balaban J connectivity index is 1.28. The summed E-state index contributed by atoms with van der Waals surface area (Å²) in [5, 5.41) is 24.1. The molecule has 2 bridgehead atoms. The van der Waals surface area contributed by atoms with Gasteiger partial charge in [0.1, 0.15) is 6.10 Å². The number of furan rings is 1. The first-order valence-corrected chi connectivity index (χ1v) is 14.9. The lowest BCUT2D eigenvalue weighted by Gasteiger charge is -2.67. The molecule has 7 heteroatoms. The van der Waals surface area contributed by atoms with Crippen LogP contribution < -0.4 is 4.74 Å². The summed E-state index contributed by atoms with van der Waals surface area (Å²) in [6, 6.07) is 15.8.